The van der Waals surface area contributed by atoms with E-state index in [0.29, 0.717) is 56.4 Å². The Morgan fingerprint density at radius 1 is 1.15 bits per heavy atom. The van der Waals surface area contributed by atoms with Gasteiger partial charge in [0.05, 0.1) is 36.8 Å². The Morgan fingerprint density at radius 2 is 1.93 bits per heavy atom. The quantitative estimate of drug-likeness (QED) is 0.280. The van der Waals surface area contributed by atoms with E-state index in [0.717, 1.165) is 24.1 Å². The number of hydrogen-bond acceptors (Lipinski definition) is 11. The van der Waals surface area contributed by atoms with Gasteiger partial charge in [0, 0.05) is 63.4 Å². The summed E-state index contributed by atoms with van der Waals surface area (Å²) in [5, 5.41) is 19.7. The van der Waals surface area contributed by atoms with Gasteiger partial charge in [-0.1, -0.05) is 6.58 Å². The third-order valence-electron chi connectivity index (χ3n) is 8.14. The number of carbonyl (C=O) groups is 3. The van der Waals surface area contributed by atoms with Crippen molar-refractivity contribution >= 4 is 46.5 Å². The minimum atomic E-state index is -0.699. The summed E-state index contributed by atoms with van der Waals surface area (Å²) in [7, 11) is 1.56. The summed E-state index contributed by atoms with van der Waals surface area (Å²) in [6, 6.07) is 5.82. The Balaban J connectivity index is 1.33. The van der Waals surface area contributed by atoms with Gasteiger partial charge in [-0.05, 0) is 37.5 Å². The molecular formula is C31H37N11O4. The molecule has 1 aromatic carbocycles. The third kappa shape index (κ3) is 7.01. The second-order valence-corrected chi connectivity index (χ2v) is 11.1. The van der Waals surface area contributed by atoms with Crippen molar-refractivity contribution in [2.24, 2.45) is 5.73 Å². The van der Waals surface area contributed by atoms with E-state index in [2.05, 4.69) is 37.2 Å². The number of nitrogens with one attached hydrogen (secondary N) is 2. The maximum Gasteiger partial charge on any atom is 0.254 e. The second kappa shape index (κ2) is 14.0. The standard InChI is InChI=1S/C31H37N11O4/c1-4-26(43)41-9-5-6-22(19-41)42-18-21(16-35-42)36-31-34-17-24(29(33)45)30(38-31)37-28-20(2)14-23(15-25(28)46-3)39-10-12-40(13-11-39)27(44)7-8-32/h4,14-18,22H,1,5-7,9-13,19H2,2-3H3,(H2,33,45)(H2,34,36,37,38). The fourth-order valence-corrected chi connectivity index (χ4v) is 5.70. The summed E-state index contributed by atoms with van der Waals surface area (Å²) in [6.45, 7) is 9.00. The molecule has 2 aliphatic heterocycles. The fraction of sp³-hybridized carbons (Fsp3) is 0.387. The van der Waals surface area contributed by atoms with Gasteiger partial charge in [0.25, 0.3) is 5.91 Å². The first-order chi connectivity index (χ1) is 22.2. The molecule has 46 heavy (non-hydrogen) atoms. The number of nitriles is 1. The van der Waals surface area contributed by atoms with Crippen LogP contribution in [0.1, 0.15) is 41.2 Å². The number of anilines is 5. The van der Waals surface area contributed by atoms with Gasteiger partial charge in [-0.15, -0.1) is 0 Å². The van der Waals surface area contributed by atoms with E-state index in [1.54, 1.807) is 23.1 Å². The van der Waals surface area contributed by atoms with E-state index in [9.17, 15) is 14.4 Å². The SMILES string of the molecule is C=CC(=O)N1CCCC(n2cc(Nc3ncc(C(N)=O)c(Nc4c(C)cc(N5CCN(C(=O)CC#N)CC5)cc4OC)n3)cn2)C1. The number of primary amides is 1. The van der Waals surface area contributed by atoms with Gasteiger partial charge in [0.1, 0.15) is 23.6 Å². The lowest BCUT2D eigenvalue weighted by molar-refractivity contribution is -0.130. The molecule has 3 aromatic rings. The maximum absolute atomic E-state index is 12.3. The molecule has 4 N–H and O–H groups in total. The number of hydrogen-bond donors (Lipinski definition) is 3. The molecule has 1 unspecified atom stereocenters. The number of aromatic nitrogens is 4. The van der Waals surface area contributed by atoms with Crippen LogP contribution in [0.3, 0.4) is 0 Å². The van der Waals surface area contributed by atoms with Crippen LogP contribution in [0.5, 0.6) is 5.75 Å². The molecule has 15 nitrogen and oxygen atoms in total. The van der Waals surface area contributed by atoms with Crippen molar-refractivity contribution in [2.75, 3.05) is 61.9 Å². The van der Waals surface area contributed by atoms with E-state index in [1.807, 2.05) is 36.0 Å². The highest BCUT2D eigenvalue weighted by Gasteiger charge is 2.25. The molecule has 15 heteroatoms. The number of nitrogens with zero attached hydrogens (tertiary/aromatic N) is 8. The van der Waals surface area contributed by atoms with E-state index < -0.39 is 5.91 Å². The predicted octanol–water partition coefficient (Wildman–Crippen LogP) is 2.49. The first-order valence-corrected chi connectivity index (χ1v) is 15.0. The lowest BCUT2D eigenvalue weighted by Gasteiger charge is -2.36. The Bertz CT molecular complexity index is 1670. The number of benzene rings is 1. The van der Waals surface area contributed by atoms with Gasteiger partial charge >= 0.3 is 0 Å². The molecule has 5 rings (SSSR count). The molecule has 0 aliphatic carbocycles. The number of piperidine rings is 1. The first-order valence-electron chi connectivity index (χ1n) is 15.0. The number of nitrogens with two attached hydrogens (primary N) is 1. The van der Waals surface area contributed by atoms with Crippen LogP contribution in [-0.2, 0) is 9.59 Å². The molecule has 4 heterocycles. The van der Waals surface area contributed by atoms with Gasteiger partial charge in [0.15, 0.2) is 0 Å². The molecule has 2 aliphatic rings. The van der Waals surface area contributed by atoms with Gasteiger partial charge in [-0.2, -0.15) is 15.3 Å². The van der Waals surface area contributed by atoms with Crippen molar-refractivity contribution in [1.82, 2.24) is 29.5 Å². The smallest absolute Gasteiger partial charge is 0.254 e. The summed E-state index contributed by atoms with van der Waals surface area (Å²) in [5.41, 5.74) is 8.75. The Morgan fingerprint density at radius 3 is 2.63 bits per heavy atom. The van der Waals surface area contributed by atoms with Crippen LogP contribution in [0.2, 0.25) is 0 Å². The monoisotopic (exact) mass is 627 g/mol. The third-order valence-corrected chi connectivity index (χ3v) is 8.14. The van der Waals surface area contributed by atoms with Crippen LogP contribution in [-0.4, -0.2) is 93.6 Å². The van der Waals surface area contributed by atoms with Crippen LogP contribution in [0.4, 0.5) is 28.8 Å². The van der Waals surface area contributed by atoms with Crippen LogP contribution in [0.25, 0.3) is 0 Å². The highest BCUT2D eigenvalue weighted by atomic mass is 16.5. The second-order valence-electron chi connectivity index (χ2n) is 11.1. The molecule has 3 amide bonds. The minimum Gasteiger partial charge on any atom is -0.494 e. The van der Waals surface area contributed by atoms with Crippen LogP contribution < -0.4 is 26.0 Å². The summed E-state index contributed by atoms with van der Waals surface area (Å²) < 4.78 is 7.55. The Hall–Kier alpha value is -5.65. The largest absolute Gasteiger partial charge is 0.494 e. The van der Waals surface area contributed by atoms with Crippen molar-refractivity contribution in [3.8, 4) is 11.8 Å². The van der Waals surface area contributed by atoms with Gasteiger partial charge in [0.2, 0.25) is 17.8 Å². The Labute approximate surface area is 266 Å². The van der Waals surface area contributed by atoms with Crippen molar-refractivity contribution < 1.29 is 19.1 Å². The highest BCUT2D eigenvalue weighted by molar-refractivity contribution is 5.98. The molecule has 1 atom stereocenters. The number of aryl methyl sites for hydroxylation is 1. The molecule has 0 bridgehead atoms. The molecule has 2 fully saturated rings. The highest BCUT2D eigenvalue weighted by Crippen LogP contribution is 2.36. The maximum atomic E-state index is 12.3. The van der Waals surface area contributed by atoms with E-state index in [1.165, 1.54) is 12.3 Å². The zero-order chi connectivity index (χ0) is 32.8. The first kappa shape index (κ1) is 31.8. The number of methoxy groups -OCH3 is 1. The zero-order valence-corrected chi connectivity index (χ0v) is 25.9. The lowest BCUT2D eigenvalue weighted by atomic mass is 10.1. The fourth-order valence-electron chi connectivity index (χ4n) is 5.70. The van der Waals surface area contributed by atoms with Crippen molar-refractivity contribution in [3.05, 3.63) is 54.5 Å². The normalized spacial score (nSPS) is 16.4. The molecule has 0 saturated carbocycles. The van der Waals surface area contributed by atoms with Crippen molar-refractivity contribution in [3.63, 3.8) is 0 Å². The van der Waals surface area contributed by atoms with Gasteiger partial charge in [-0.3, -0.25) is 19.1 Å². The Kier molecular flexibility index (Phi) is 9.65. The summed E-state index contributed by atoms with van der Waals surface area (Å²) in [5.74, 6) is -0.0124. The average Bonchev–Trinajstić information content (AvgIpc) is 3.53. The van der Waals surface area contributed by atoms with Crippen LogP contribution in [0, 0.1) is 18.3 Å². The topological polar surface area (TPSA) is 188 Å². The minimum absolute atomic E-state index is 0.0249. The van der Waals surface area contributed by atoms with E-state index in [-0.39, 0.29) is 41.6 Å². The number of ether oxygens (including phenoxy) is 1. The molecule has 2 aromatic heterocycles. The molecule has 0 radical (unpaired) electrons. The van der Waals surface area contributed by atoms with Gasteiger partial charge < -0.3 is 35.8 Å². The molecule has 2 saturated heterocycles. The predicted molar refractivity (Wildman–Crippen MR) is 171 cm³/mol. The van der Waals surface area contributed by atoms with Crippen molar-refractivity contribution in [2.45, 2.75) is 32.2 Å². The lowest BCUT2D eigenvalue weighted by Crippen LogP contribution is -2.48. The van der Waals surface area contributed by atoms with Gasteiger partial charge in [-0.25, -0.2) is 4.98 Å². The number of piperazine rings is 1. The molecular weight excluding hydrogens is 590 g/mol. The van der Waals surface area contributed by atoms with E-state index in [4.69, 9.17) is 15.7 Å². The van der Waals surface area contributed by atoms with E-state index >= 15 is 0 Å². The number of likely N-dealkylation sites (tertiary alicyclic amines) is 1. The molecule has 240 valence electrons. The summed E-state index contributed by atoms with van der Waals surface area (Å²) in [4.78, 5) is 51.0. The summed E-state index contributed by atoms with van der Waals surface area (Å²) >= 11 is 0. The van der Waals surface area contributed by atoms with Crippen LogP contribution in [0.15, 0.2) is 43.4 Å². The zero-order valence-electron chi connectivity index (χ0n) is 25.9. The number of rotatable bonds is 10. The average molecular weight is 628 g/mol. The summed E-state index contributed by atoms with van der Waals surface area (Å²) in [6.07, 6.45) is 7.79. The van der Waals surface area contributed by atoms with Crippen LogP contribution >= 0.6 is 0 Å². The number of amides is 3. The number of carbonyl (C=O) groups excluding carboxylic acids is 3. The van der Waals surface area contributed by atoms with Crippen molar-refractivity contribution in [1.29, 1.82) is 5.26 Å². The molecule has 0 spiro atoms.